The van der Waals surface area contributed by atoms with Crippen LogP contribution < -0.4 is 0 Å². The quantitative estimate of drug-likeness (QED) is 0.0269. The van der Waals surface area contributed by atoms with Crippen molar-refractivity contribution in [1.82, 2.24) is 0 Å². The summed E-state index contributed by atoms with van der Waals surface area (Å²) in [6.45, 7) is 3.70. The zero-order chi connectivity index (χ0) is 42.5. The van der Waals surface area contributed by atoms with E-state index < -0.39 is 32.5 Å². The molecule has 342 valence electrons. The number of esters is 2. The molecule has 9 heteroatoms. The van der Waals surface area contributed by atoms with Crippen molar-refractivity contribution in [1.29, 1.82) is 0 Å². The third-order valence-electron chi connectivity index (χ3n) is 11.0. The third-order valence-corrected chi connectivity index (χ3v) is 11.5. The molecule has 0 saturated heterocycles. The van der Waals surface area contributed by atoms with Gasteiger partial charge in [0.2, 0.25) is 0 Å². The smallest absolute Gasteiger partial charge is 0.462 e. The van der Waals surface area contributed by atoms with Gasteiger partial charge in [0.15, 0.2) is 6.10 Å². The van der Waals surface area contributed by atoms with Gasteiger partial charge < -0.3 is 19.3 Å². The molecule has 0 spiro atoms. The molecule has 0 fully saturated rings. The lowest BCUT2D eigenvalue weighted by Crippen LogP contribution is -2.29. The summed E-state index contributed by atoms with van der Waals surface area (Å²) in [7, 11) is -4.76. The van der Waals surface area contributed by atoms with Gasteiger partial charge in [0.1, 0.15) is 6.61 Å². The number of allylic oxidation sites excluding steroid dienone is 4. The maximum atomic E-state index is 12.5. The Hall–Kier alpha value is -1.47. The van der Waals surface area contributed by atoms with E-state index in [1.165, 1.54) is 173 Å². The second-order valence-corrected chi connectivity index (χ2v) is 18.0. The van der Waals surface area contributed by atoms with Gasteiger partial charge in [-0.15, -0.1) is 0 Å². The molecular weight excluding hydrogens is 748 g/mol. The Balaban J connectivity index is 3.80. The first-order valence-corrected chi connectivity index (χ1v) is 26.2. The van der Waals surface area contributed by atoms with Crippen LogP contribution in [0.4, 0.5) is 0 Å². The fraction of sp³-hybridized carbons (Fsp3) is 0.878. The van der Waals surface area contributed by atoms with E-state index in [0.717, 1.165) is 51.4 Å². The van der Waals surface area contributed by atoms with Gasteiger partial charge in [-0.05, 0) is 44.9 Å². The fourth-order valence-corrected chi connectivity index (χ4v) is 7.65. The molecule has 0 saturated carbocycles. The summed E-state index contributed by atoms with van der Waals surface area (Å²) in [4.78, 5) is 43.0. The van der Waals surface area contributed by atoms with E-state index in [0.29, 0.717) is 6.42 Å². The highest BCUT2D eigenvalue weighted by Crippen LogP contribution is 2.36. The summed E-state index contributed by atoms with van der Waals surface area (Å²) in [5.41, 5.74) is 0. The van der Waals surface area contributed by atoms with Crippen LogP contribution in [0.5, 0.6) is 0 Å². The standard InChI is InChI=1S/C49H93O8P/c1-3-5-7-9-11-13-15-17-19-21-23-24-26-27-29-31-33-35-37-39-41-43-48(50)55-45-47(46-56-58(52,53)54)57-49(51)44-42-40-38-36-34-32-30-28-25-22-20-18-16-14-12-10-8-6-4-2/h12,14,18,20,47H,3-11,13,15-17,19,21-46H2,1-2H3,(H2,52,53,54)/b14-12-,20-18-. The highest BCUT2D eigenvalue weighted by molar-refractivity contribution is 7.46. The van der Waals surface area contributed by atoms with Crippen LogP contribution in [0.2, 0.25) is 0 Å². The van der Waals surface area contributed by atoms with Crippen molar-refractivity contribution < 1.29 is 37.9 Å². The Morgan fingerprint density at radius 2 is 0.776 bits per heavy atom. The highest BCUT2D eigenvalue weighted by Gasteiger charge is 2.23. The second-order valence-electron chi connectivity index (χ2n) is 16.8. The van der Waals surface area contributed by atoms with Crippen molar-refractivity contribution in [2.24, 2.45) is 0 Å². The van der Waals surface area contributed by atoms with Crippen LogP contribution in [0.3, 0.4) is 0 Å². The zero-order valence-corrected chi connectivity index (χ0v) is 38.9. The molecule has 1 atom stereocenters. The molecule has 0 aromatic heterocycles. The van der Waals surface area contributed by atoms with E-state index in [-0.39, 0.29) is 19.4 Å². The van der Waals surface area contributed by atoms with Gasteiger partial charge in [-0.3, -0.25) is 14.1 Å². The van der Waals surface area contributed by atoms with Crippen LogP contribution >= 0.6 is 7.82 Å². The Kier molecular flexibility index (Phi) is 43.9. The maximum Gasteiger partial charge on any atom is 0.469 e. The van der Waals surface area contributed by atoms with E-state index in [4.69, 9.17) is 19.3 Å². The lowest BCUT2D eigenvalue weighted by atomic mass is 10.0. The molecule has 0 amide bonds. The van der Waals surface area contributed by atoms with Crippen LogP contribution in [-0.4, -0.2) is 41.0 Å². The zero-order valence-electron chi connectivity index (χ0n) is 38.0. The lowest BCUT2D eigenvalue weighted by molar-refractivity contribution is -0.161. The number of phosphoric acid groups is 1. The Labute approximate surface area is 358 Å². The van der Waals surface area contributed by atoms with Crippen molar-refractivity contribution in [3.63, 3.8) is 0 Å². The predicted octanol–water partition coefficient (Wildman–Crippen LogP) is 15.5. The average Bonchev–Trinajstić information content (AvgIpc) is 3.20. The Morgan fingerprint density at radius 1 is 0.448 bits per heavy atom. The summed E-state index contributed by atoms with van der Waals surface area (Å²) in [6.07, 6.45) is 53.3. The van der Waals surface area contributed by atoms with Gasteiger partial charge in [0, 0.05) is 12.8 Å². The number of hydrogen-bond acceptors (Lipinski definition) is 6. The summed E-state index contributed by atoms with van der Waals surface area (Å²) < 4.78 is 26.5. The van der Waals surface area contributed by atoms with E-state index in [1.807, 2.05) is 0 Å². The summed E-state index contributed by atoms with van der Waals surface area (Å²) in [6, 6.07) is 0. The molecule has 0 aromatic rings. The molecule has 0 aromatic carbocycles. The lowest BCUT2D eigenvalue weighted by Gasteiger charge is -2.18. The molecule has 0 aliphatic heterocycles. The summed E-state index contributed by atoms with van der Waals surface area (Å²) in [5.74, 6) is -0.875. The Bertz CT molecular complexity index is 993. The normalized spacial score (nSPS) is 12.6. The third kappa shape index (κ3) is 47.2. The van der Waals surface area contributed by atoms with E-state index in [1.54, 1.807) is 0 Å². The fourth-order valence-electron chi connectivity index (χ4n) is 7.29. The number of ether oxygens (including phenoxy) is 2. The molecule has 58 heavy (non-hydrogen) atoms. The SMILES string of the molecule is CCCCC/C=C\C/C=C\CCCCCCCCCCCC(=O)OC(COC(=O)CCCCCCCCCCCCCCCCCCCCCCC)COP(=O)(O)O. The first-order valence-electron chi connectivity index (χ1n) is 24.6. The number of phosphoric ester groups is 1. The molecule has 0 aliphatic carbocycles. The van der Waals surface area contributed by atoms with Crippen LogP contribution in [0.1, 0.15) is 258 Å². The van der Waals surface area contributed by atoms with E-state index >= 15 is 0 Å². The number of rotatable bonds is 46. The predicted molar refractivity (Wildman–Crippen MR) is 244 cm³/mol. The molecular formula is C49H93O8P. The van der Waals surface area contributed by atoms with Gasteiger partial charge in [0.05, 0.1) is 6.61 Å². The van der Waals surface area contributed by atoms with Crippen molar-refractivity contribution in [2.75, 3.05) is 13.2 Å². The number of unbranched alkanes of at least 4 members (excludes halogenated alkanes) is 32. The molecule has 8 nitrogen and oxygen atoms in total. The van der Waals surface area contributed by atoms with E-state index in [2.05, 4.69) is 42.7 Å². The van der Waals surface area contributed by atoms with Gasteiger partial charge in [-0.25, -0.2) is 4.57 Å². The van der Waals surface area contributed by atoms with Crippen LogP contribution in [0.25, 0.3) is 0 Å². The first-order chi connectivity index (χ1) is 28.3. The monoisotopic (exact) mass is 841 g/mol. The molecule has 0 rings (SSSR count). The largest absolute Gasteiger partial charge is 0.469 e. The number of carbonyl (C=O) groups is 2. The van der Waals surface area contributed by atoms with Crippen LogP contribution in [-0.2, 0) is 28.2 Å². The molecule has 0 aliphatic rings. The van der Waals surface area contributed by atoms with Gasteiger partial charge in [0.25, 0.3) is 0 Å². The van der Waals surface area contributed by atoms with Crippen molar-refractivity contribution in [2.45, 2.75) is 264 Å². The average molecular weight is 841 g/mol. The highest BCUT2D eigenvalue weighted by atomic mass is 31.2. The minimum atomic E-state index is -4.76. The second kappa shape index (κ2) is 45.1. The maximum absolute atomic E-state index is 12.5. The first kappa shape index (κ1) is 56.5. The van der Waals surface area contributed by atoms with Crippen LogP contribution in [0.15, 0.2) is 24.3 Å². The molecule has 0 heterocycles. The van der Waals surface area contributed by atoms with Crippen LogP contribution in [0, 0.1) is 0 Å². The van der Waals surface area contributed by atoms with Crippen molar-refractivity contribution in [3.05, 3.63) is 24.3 Å². The Morgan fingerprint density at radius 3 is 1.17 bits per heavy atom. The molecule has 2 N–H and O–H groups in total. The topological polar surface area (TPSA) is 119 Å². The minimum absolute atomic E-state index is 0.210. The summed E-state index contributed by atoms with van der Waals surface area (Å²) >= 11 is 0. The van der Waals surface area contributed by atoms with Gasteiger partial charge in [-0.1, -0.05) is 224 Å². The molecule has 0 radical (unpaired) electrons. The molecule has 1 unspecified atom stereocenters. The number of hydrogen-bond donors (Lipinski definition) is 2. The summed E-state index contributed by atoms with van der Waals surface area (Å²) in [5, 5.41) is 0. The van der Waals surface area contributed by atoms with Crippen molar-refractivity contribution >= 4 is 19.8 Å². The van der Waals surface area contributed by atoms with Crippen molar-refractivity contribution in [3.8, 4) is 0 Å². The molecule has 0 bridgehead atoms. The van der Waals surface area contributed by atoms with Gasteiger partial charge >= 0.3 is 19.8 Å². The van der Waals surface area contributed by atoms with Gasteiger partial charge in [-0.2, -0.15) is 0 Å². The van der Waals surface area contributed by atoms with E-state index in [9.17, 15) is 14.2 Å². The minimum Gasteiger partial charge on any atom is -0.462 e. The number of carbonyl (C=O) groups excluding carboxylic acids is 2.